The monoisotopic (exact) mass is 434 g/mol. The number of methoxy groups -OCH3 is 1. The summed E-state index contributed by atoms with van der Waals surface area (Å²) in [5.74, 6) is 0.807. The molecule has 0 spiro atoms. The van der Waals surface area contributed by atoms with Crippen molar-refractivity contribution < 1.29 is 19.0 Å². The van der Waals surface area contributed by atoms with Crippen LogP contribution < -0.4 is 15.4 Å². The van der Waals surface area contributed by atoms with Crippen LogP contribution in [0.3, 0.4) is 0 Å². The zero-order valence-electron chi connectivity index (χ0n) is 17.0. The highest BCUT2D eigenvalue weighted by Crippen LogP contribution is 2.39. The number of nitrogens with one attached hydrogen (secondary N) is 2. The molecule has 0 fully saturated rings. The third-order valence-electron chi connectivity index (χ3n) is 4.72. The van der Waals surface area contributed by atoms with Gasteiger partial charge in [0.1, 0.15) is 10.8 Å². The van der Waals surface area contributed by atoms with Gasteiger partial charge in [-0.25, -0.2) is 4.79 Å². The molecule has 0 amide bonds. The van der Waals surface area contributed by atoms with Crippen LogP contribution in [0.25, 0.3) is 0 Å². The number of carbonyl (C=O) groups excluding carboxylic acids is 1. The van der Waals surface area contributed by atoms with E-state index in [0.717, 1.165) is 21.9 Å². The van der Waals surface area contributed by atoms with Crippen molar-refractivity contribution >= 4 is 45.3 Å². The molecule has 0 bridgehead atoms. The zero-order chi connectivity index (χ0) is 21.0. The Morgan fingerprint density at radius 2 is 2.03 bits per heavy atom. The molecule has 1 aliphatic heterocycles. The minimum atomic E-state index is -0.329. The minimum absolute atomic E-state index is 0.0857. The molecule has 0 aliphatic carbocycles. The molecule has 0 saturated heterocycles. The number of hydrogen-bond donors (Lipinski definition) is 2. The van der Waals surface area contributed by atoms with Gasteiger partial charge in [0.05, 0.1) is 32.0 Å². The van der Waals surface area contributed by atoms with Crippen molar-refractivity contribution in [3.63, 3.8) is 0 Å². The van der Waals surface area contributed by atoms with E-state index in [1.807, 2.05) is 24.3 Å². The van der Waals surface area contributed by atoms with E-state index in [1.54, 1.807) is 14.0 Å². The number of rotatable bonds is 6. The molecule has 1 aromatic heterocycles. The molecule has 6 nitrogen and oxygen atoms in total. The van der Waals surface area contributed by atoms with Gasteiger partial charge in [0, 0.05) is 17.0 Å². The van der Waals surface area contributed by atoms with Crippen LogP contribution in [0, 0.1) is 5.92 Å². The smallest absolute Gasteiger partial charge is 0.341 e. The lowest BCUT2D eigenvalue weighted by atomic mass is 9.94. The number of thiophene rings is 1. The summed E-state index contributed by atoms with van der Waals surface area (Å²) in [6, 6.07) is 7.45. The molecule has 2 aromatic rings. The normalized spacial score (nSPS) is 15.6. The van der Waals surface area contributed by atoms with Crippen molar-refractivity contribution in [1.82, 2.24) is 0 Å². The van der Waals surface area contributed by atoms with E-state index in [1.165, 1.54) is 11.3 Å². The van der Waals surface area contributed by atoms with Crippen LogP contribution in [0.4, 0.5) is 10.7 Å². The van der Waals surface area contributed by atoms with Gasteiger partial charge in [-0.1, -0.05) is 13.8 Å². The van der Waals surface area contributed by atoms with E-state index < -0.39 is 0 Å². The number of anilines is 2. The van der Waals surface area contributed by atoms with Crippen molar-refractivity contribution in [2.75, 3.05) is 24.4 Å². The van der Waals surface area contributed by atoms with Gasteiger partial charge in [-0.15, -0.1) is 11.3 Å². The topological polar surface area (TPSA) is 68.8 Å². The molecule has 156 valence electrons. The lowest BCUT2D eigenvalue weighted by molar-refractivity contribution is 0.00124. The molecule has 0 unspecified atom stereocenters. The summed E-state index contributed by atoms with van der Waals surface area (Å²) in [5, 5.41) is 7.41. The Kier molecular flexibility index (Phi) is 7.10. The van der Waals surface area contributed by atoms with Crippen molar-refractivity contribution in [3.05, 3.63) is 40.3 Å². The van der Waals surface area contributed by atoms with E-state index in [9.17, 15) is 4.79 Å². The molecular formula is C21H26N2O4S2. The van der Waals surface area contributed by atoms with Crippen molar-refractivity contribution in [2.24, 2.45) is 5.92 Å². The van der Waals surface area contributed by atoms with Crippen LogP contribution in [-0.4, -0.2) is 30.9 Å². The fraction of sp³-hybridized carbons (Fsp3) is 0.429. The quantitative estimate of drug-likeness (QED) is 0.498. The van der Waals surface area contributed by atoms with Crippen molar-refractivity contribution in [1.29, 1.82) is 0 Å². The molecule has 29 heavy (non-hydrogen) atoms. The lowest BCUT2D eigenvalue weighted by Crippen LogP contribution is -2.27. The third-order valence-corrected chi connectivity index (χ3v) is 6.05. The molecule has 0 radical (unpaired) electrons. The van der Waals surface area contributed by atoms with E-state index in [2.05, 4.69) is 24.5 Å². The Morgan fingerprint density at radius 3 is 2.66 bits per heavy atom. The number of hydrogen-bond acceptors (Lipinski definition) is 6. The fourth-order valence-corrected chi connectivity index (χ4v) is 4.59. The number of thiocarbonyl (C=S) groups is 1. The Morgan fingerprint density at radius 1 is 1.31 bits per heavy atom. The number of fused-ring (bicyclic) bond motifs is 1. The van der Waals surface area contributed by atoms with Gasteiger partial charge < -0.3 is 24.8 Å². The predicted molar refractivity (Wildman–Crippen MR) is 120 cm³/mol. The number of ether oxygens (including phenoxy) is 3. The number of carbonyl (C=O) groups is 1. The average molecular weight is 435 g/mol. The molecule has 2 heterocycles. The SMILES string of the molecule is CCOC(=O)c1c(NC(=S)Nc2ccc(OC)cc2)sc2c1C[C@@H](C(C)C)OC2. The van der Waals surface area contributed by atoms with E-state index in [0.29, 0.717) is 41.2 Å². The van der Waals surface area contributed by atoms with Crippen molar-refractivity contribution in [3.8, 4) is 5.75 Å². The van der Waals surface area contributed by atoms with Gasteiger partial charge >= 0.3 is 5.97 Å². The predicted octanol–water partition coefficient (Wildman–Crippen LogP) is 4.84. The largest absolute Gasteiger partial charge is 0.497 e. The van der Waals surface area contributed by atoms with Crippen molar-refractivity contribution in [2.45, 2.75) is 39.9 Å². The Balaban J connectivity index is 1.82. The first-order chi connectivity index (χ1) is 13.9. The average Bonchev–Trinajstić information content (AvgIpc) is 3.05. The molecule has 1 atom stereocenters. The van der Waals surface area contributed by atoms with Crippen LogP contribution in [0.1, 0.15) is 41.6 Å². The first-order valence-electron chi connectivity index (χ1n) is 9.58. The highest BCUT2D eigenvalue weighted by atomic mass is 32.1. The summed E-state index contributed by atoms with van der Waals surface area (Å²) >= 11 is 6.96. The highest BCUT2D eigenvalue weighted by molar-refractivity contribution is 7.80. The third kappa shape index (κ3) is 5.07. The number of benzene rings is 1. The molecule has 2 N–H and O–H groups in total. The molecule has 1 aromatic carbocycles. The van der Waals surface area contributed by atoms with Gasteiger partial charge in [0.25, 0.3) is 0 Å². The molecular weight excluding hydrogens is 408 g/mol. The van der Waals surface area contributed by atoms with E-state index >= 15 is 0 Å². The standard InChI is InChI=1S/C21H26N2O4S2/c1-5-26-20(24)18-15-10-16(12(2)3)27-11-17(15)29-19(18)23-21(28)22-13-6-8-14(25-4)9-7-13/h6-9,12,16H,5,10-11H2,1-4H3,(H2,22,23,28)/t16-/m0/s1. The molecule has 1 aliphatic rings. The second-order valence-corrected chi connectivity index (χ2v) is 8.55. The summed E-state index contributed by atoms with van der Waals surface area (Å²) in [4.78, 5) is 13.8. The second kappa shape index (κ2) is 9.56. The lowest BCUT2D eigenvalue weighted by Gasteiger charge is -2.26. The summed E-state index contributed by atoms with van der Waals surface area (Å²) < 4.78 is 16.5. The van der Waals surface area contributed by atoms with E-state index in [4.69, 9.17) is 26.4 Å². The second-order valence-electron chi connectivity index (χ2n) is 7.03. The zero-order valence-corrected chi connectivity index (χ0v) is 18.7. The fourth-order valence-electron chi connectivity index (χ4n) is 3.16. The molecule has 3 rings (SSSR count). The van der Waals surface area contributed by atoms with E-state index in [-0.39, 0.29) is 12.1 Å². The number of esters is 1. The Hall–Kier alpha value is -2.16. The van der Waals surface area contributed by atoms with Gasteiger partial charge in [-0.05, 0) is 54.9 Å². The first kappa shape index (κ1) is 21.5. The first-order valence-corrected chi connectivity index (χ1v) is 10.8. The maximum atomic E-state index is 12.7. The van der Waals surface area contributed by atoms with Crippen LogP contribution in [0.2, 0.25) is 0 Å². The van der Waals surface area contributed by atoms with Crippen LogP contribution in [-0.2, 0) is 22.5 Å². The summed E-state index contributed by atoms with van der Waals surface area (Å²) in [5.41, 5.74) is 2.40. The van der Waals surface area contributed by atoms with Gasteiger partial charge in [-0.2, -0.15) is 0 Å². The van der Waals surface area contributed by atoms with Crippen LogP contribution in [0.5, 0.6) is 5.75 Å². The maximum Gasteiger partial charge on any atom is 0.341 e. The Bertz CT molecular complexity index is 878. The molecule has 8 heteroatoms. The summed E-state index contributed by atoms with van der Waals surface area (Å²) in [7, 11) is 1.62. The Labute approximate surface area is 180 Å². The van der Waals surface area contributed by atoms with Crippen LogP contribution >= 0.6 is 23.6 Å². The summed E-state index contributed by atoms with van der Waals surface area (Å²) in [6.07, 6.45) is 0.778. The van der Waals surface area contributed by atoms with Gasteiger partial charge in [-0.3, -0.25) is 0 Å². The maximum absolute atomic E-state index is 12.7. The molecule has 0 saturated carbocycles. The van der Waals surface area contributed by atoms with Crippen LogP contribution in [0.15, 0.2) is 24.3 Å². The van der Waals surface area contributed by atoms with Gasteiger partial charge in [0.15, 0.2) is 5.11 Å². The highest BCUT2D eigenvalue weighted by Gasteiger charge is 2.31. The minimum Gasteiger partial charge on any atom is -0.497 e. The summed E-state index contributed by atoms with van der Waals surface area (Å²) in [6.45, 7) is 6.87. The van der Waals surface area contributed by atoms with Gasteiger partial charge in [0.2, 0.25) is 0 Å².